The standard InChI is InChI=1S/C68H84NO24/c1-69(2,39-41-82-65(78)35-37-67(80)92-55(47-88-61(74)31-15-27-57(70)84-43-51-19-7-3-8-20-51)48-89-62(75)32-16-28-58(71)85-44-52-21-9-4-10-22-52)40-42-83-66(79)36-38-68(81)93-56(49-90-63(76)33-17-29-59(72)86-45-53-23-11-5-12-24-53)50-91-64(77)34-18-30-60(73)87-46-54-25-13-6-14-26-54/h3-14,19-26,55-56H,15-18,27-50H2,1-2H3/q+1. The highest BCUT2D eigenvalue weighted by Crippen LogP contribution is 2.13. The average Bonchev–Trinajstić information content (AvgIpc) is 3.67. The van der Waals surface area contributed by atoms with E-state index in [0.29, 0.717) is 0 Å². The third-order valence-corrected chi connectivity index (χ3v) is 13.3. The molecular weight excluding hydrogens is 1210 g/mol. The molecule has 0 N–H and O–H groups in total. The number of quaternary nitrogens is 1. The zero-order valence-electron chi connectivity index (χ0n) is 52.7. The fourth-order valence-corrected chi connectivity index (χ4v) is 7.98. The molecule has 0 atom stereocenters. The highest BCUT2D eigenvalue weighted by atomic mass is 16.6. The first-order chi connectivity index (χ1) is 44.8. The molecule has 0 aliphatic heterocycles. The second kappa shape index (κ2) is 44.9. The molecule has 0 saturated heterocycles. The largest absolute Gasteiger partial charge is 0.462 e. The molecule has 0 bridgehead atoms. The van der Waals surface area contributed by atoms with Crippen molar-refractivity contribution < 1.29 is 119 Å². The van der Waals surface area contributed by atoms with Crippen LogP contribution in [0.25, 0.3) is 0 Å². The molecule has 0 spiro atoms. The molecule has 0 heterocycles. The third-order valence-electron chi connectivity index (χ3n) is 13.3. The van der Waals surface area contributed by atoms with Crippen molar-refractivity contribution >= 4 is 71.6 Å². The van der Waals surface area contributed by atoms with Gasteiger partial charge in [-0.15, -0.1) is 0 Å². The van der Waals surface area contributed by atoms with Gasteiger partial charge in [-0.2, -0.15) is 0 Å². The van der Waals surface area contributed by atoms with Gasteiger partial charge in [-0.3, -0.25) is 57.5 Å². The van der Waals surface area contributed by atoms with Gasteiger partial charge in [0.1, 0.15) is 79.2 Å². The molecule has 0 radical (unpaired) electrons. The number of ether oxygens (including phenoxy) is 12. The Balaban J connectivity index is 1.15. The highest BCUT2D eigenvalue weighted by Gasteiger charge is 2.25. The van der Waals surface area contributed by atoms with Crippen LogP contribution in [0.15, 0.2) is 121 Å². The third kappa shape index (κ3) is 38.1. The minimum absolute atomic E-state index is 0.0642. The Morgan fingerprint density at radius 2 is 0.473 bits per heavy atom. The number of carbonyl (C=O) groups is 12. The van der Waals surface area contributed by atoms with Crippen molar-refractivity contribution in [2.75, 3.05) is 66.8 Å². The molecule has 25 heteroatoms. The van der Waals surface area contributed by atoms with E-state index in [1.54, 1.807) is 62.6 Å². The summed E-state index contributed by atoms with van der Waals surface area (Å²) in [4.78, 5) is 151. The summed E-state index contributed by atoms with van der Waals surface area (Å²) >= 11 is 0. The second-order valence-corrected chi connectivity index (χ2v) is 21.8. The molecule has 0 aliphatic rings. The zero-order valence-corrected chi connectivity index (χ0v) is 52.7. The van der Waals surface area contributed by atoms with Crippen LogP contribution in [-0.2, 0) is 141 Å². The number of hydrogen-bond acceptors (Lipinski definition) is 24. The molecule has 0 saturated carbocycles. The van der Waals surface area contributed by atoms with Gasteiger partial charge in [0.2, 0.25) is 0 Å². The van der Waals surface area contributed by atoms with Gasteiger partial charge >= 0.3 is 71.6 Å². The van der Waals surface area contributed by atoms with E-state index in [4.69, 9.17) is 56.8 Å². The van der Waals surface area contributed by atoms with Crippen molar-refractivity contribution in [3.05, 3.63) is 144 Å². The average molecular weight is 1300 g/mol. The Morgan fingerprint density at radius 1 is 0.269 bits per heavy atom. The molecule has 93 heavy (non-hydrogen) atoms. The Hall–Kier alpha value is -9.52. The molecule has 0 aromatic heterocycles. The monoisotopic (exact) mass is 1300 g/mol. The molecule has 0 unspecified atom stereocenters. The minimum atomic E-state index is -1.28. The molecule has 4 rings (SSSR count). The molecule has 4 aromatic carbocycles. The lowest BCUT2D eigenvalue weighted by Crippen LogP contribution is -2.45. The first kappa shape index (κ1) is 75.9. The Labute approximate surface area is 540 Å². The molecule has 25 nitrogen and oxygen atoms in total. The summed E-state index contributed by atoms with van der Waals surface area (Å²) in [6.07, 6.45) is -4.81. The lowest BCUT2D eigenvalue weighted by Gasteiger charge is -2.29. The maximum Gasteiger partial charge on any atom is 0.306 e. The van der Waals surface area contributed by atoms with Gasteiger partial charge in [0.15, 0.2) is 12.2 Å². The Kier molecular flexibility index (Phi) is 36.6. The molecule has 4 aromatic rings. The van der Waals surface area contributed by atoms with Gasteiger partial charge < -0.3 is 61.3 Å². The molecule has 0 amide bonds. The van der Waals surface area contributed by atoms with E-state index in [9.17, 15) is 57.5 Å². The highest BCUT2D eigenvalue weighted by molar-refractivity contribution is 5.79. The second-order valence-electron chi connectivity index (χ2n) is 21.8. The minimum Gasteiger partial charge on any atom is -0.462 e. The molecular formula is C68H84NO24+. The van der Waals surface area contributed by atoms with Crippen LogP contribution < -0.4 is 0 Å². The quantitative estimate of drug-likeness (QED) is 0.0237. The van der Waals surface area contributed by atoms with Gasteiger partial charge in [0.05, 0.1) is 39.8 Å². The number of nitrogens with zero attached hydrogens (tertiary/aromatic N) is 1. The topological polar surface area (TPSA) is 316 Å². The van der Waals surface area contributed by atoms with E-state index in [1.165, 1.54) is 0 Å². The Morgan fingerprint density at radius 3 is 0.710 bits per heavy atom. The maximum atomic E-state index is 12.9. The van der Waals surface area contributed by atoms with E-state index in [-0.39, 0.29) is 134 Å². The first-order valence-corrected chi connectivity index (χ1v) is 30.7. The summed E-state index contributed by atoms with van der Waals surface area (Å²) in [5.41, 5.74) is 3.20. The van der Waals surface area contributed by atoms with E-state index in [0.717, 1.165) is 22.3 Å². The number of benzene rings is 4. The normalized spacial score (nSPS) is 10.9. The molecule has 0 fully saturated rings. The van der Waals surface area contributed by atoms with Crippen LogP contribution in [0.5, 0.6) is 0 Å². The zero-order chi connectivity index (χ0) is 67.3. The summed E-state index contributed by atoms with van der Waals surface area (Å²) < 4.78 is 63.8. The van der Waals surface area contributed by atoms with Crippen molar-refractivity contribution in [2.24, 2.45) is 0 Å². The summed E-state index contributed by atoms with van der Waals surface area (Å²) in [5.74, 6) is -8.26. The van der Waals surface area contributed by atoms with Crippen molar-refractivity contribution in [2.45, 2.75) is 141 Å². The molecule has 504 valence electrons. The first-order valence-electron chi connectivity index (χ1n) is 30.7. The molecule has 0 aliphatic carbocycles. The van der Waals surface area contributed by atoms with E-state index >= 15 is 0 Å². The van der Waals surface area contributed by atoms with Gasteiger partial charge in [0.25, 0.3) is 0 Å². The number of rotatable bonds is 46. The summed E-state index contributed by atoms with van der Waals surface area (Å²) in [5, 5.41) is 0. The van der Waals surface area contributed by atoms with Crippen LogP contribution >= 0.6 is 0 Å². The van der Waals surface area contributed by atoms with Crippen LogP contribution in [0.4, 0.5) is 0 Å². The summed E-state index contributed by atoms with van der Waals surface area (Å²) in [6.45, 7) is -1.48. The van der Waals surface area contributed by atoms with E-state index in [2.05, 4.69) is 0 Å². The van der Waals surface area contributed by atoms with Crippen molar-refractivity contribution in [3.63, 3.8) is 0 Å². The van der Waals surface area contributed by atoms with Crippen molar-refractivity contribution in [3.8, 4) is 0 Å². The number of likely N-dealkylation sites (N-methyl/N-ethyl adjacent to an activating group) is 1. The van der Waals surface area contributed by atoms with Crippen LogP contribution in [0, 0.1) is 0 Å². The maximum absolute atomic E-state index is 12.9. The lowest BCUT2D eigenvalue weighted by molar-refractivity contribution is -0.890. The SMILES string of the molecule is C[N+](C)(CCOC(=O)CCC(=O)OC(COC(=O)CCCC(=O)OCc1ccccc1)COC(=O)CCCC(=O)OCc1ccccc1)CCOC(=O)CCC(=O)OC(COC(=O)CCCC(=O)OCc1ccccc1)COC(=O)CCCC(=O)OCc1ccccc1. The summed E-state index contributed by atoms with van der Waals surface area (Å²) in [6, 6.07) is 36.2. The van der Waals surface area contributed by atoms with Crippen LogP contribution in [0.3, 0.4) is 0 Å². The predicted octanol–water partition coefficient (Wildman–Crippen LogP) is 7.36. The van der Waals surface area contributed by atoms with Crippen LogP contribution in [-0.4, -0.2) is 155 Å². The lowest BCUT2D eigenvalue weighted by atomic mass is 10.2. The number of hydrogen-bond donors (Lipinski definition) is 0. The van der Waals surface area contributed by atoms with E-state index in [1.807, 2.05) is 72.8 Å². The fraction of sp³-hybridized carbons (Fsp3) is 0.471. The van der Waals surface area contributed by atoms with Crippen molar-refractivity contribution in [1.82, 2.24) is 0 Å². The van der Waals surface area contributed by atoms with Gasteiger partial charge in [-0.05, 0) is 47.9 Å². The Bertz CT molecular complexity index is 2610. The summed E-state index contributed by atoms with van der Waals surface area (Å²) in [7, 11) is 3.56. The number of carbonyl (C=O) groups excluding carboxylic acids is 12. The number of esters is 12. The predicted molar refractivity (Wildman–Crippen MR) is 326 cm³/mol. The fourth-order valence-electron chi connectivity index (χ4n) is 7.98. The van der Waals surface area contributed by atoms with Gasteiger partial charge in [0, 0.05) is 51.4 Å². The van der Waals surface area contributed by atoms with Crippen molar-refractivity contribution in [1.29, 1.82) is 0 Å². The van der Waals surface area contributed by atoms with Gasteiger partial charge in [-0.1, -0.05) is 121 Å². The van der Waals surface area contributed by atoms with Crippen LogP contribution in [0.2, 0.25) is 0 Å². The van der Waals surface area contributed by atoms with E-state index < -0.39 is 136 Å². The van der Waals surface area contributed by atoms with Crippen LogP contribution in [0.1, 0.15) is 125 Å². The van der Waals surface area contributed by atoms with Gasteiger partial charge in [-0.25, -0.2) is 0 Å². The smallest absolute Gasteiger partial charge is 0.306 e.